The number of pyridine rings is 1. The van der Waals surface area contributed by atoms with Gasteiger partial charge in [-0.2, -0.15) is 0 Å². The maximum Gasteiger partial charge on any atom is 0.170 e. The van der Waals surface area contributed by atoms with Crippen molar-refractivity contribution in [3.63, 3.8) is 0 Å². The average molecular weight is 486 g/mol. The molecule has 4 heterocycles. The van der Waals surface area contributed by atoms with Crippen molar-refractivity contribution in [2.24, 2.45) is 5.92 Å². The molecule has 1 aliphatic carbocycles. The molecule has 3 aromatic heterocycles. The summed E-state index contributed by atoms with van der Waals surface area (Å²) >= 11 is 0. The highest BCUT2D eigenvalue weighted by molar-refractivity contribution is 5.81. The second kappa shape index (κ2) is 10.4. The summed E-state index contributed by atoms with van der Waals surface area (Å²) in [6, 6.07) is 10.0. The molecule has 2 aliphatic rings. The van der Waals surface area contributed by atoms with Crippen LogP contribution in [0.25, 0.3) is 22.3 Å². The molecule has 0 unspecified atom stereocenters. The van der Waals surface area contributed by atoms with Gasteiger partial charge in [-0.05, 0) is 48.6 Å². The van der Waals surface area contributed by atoms with Crippen LogP contribution in [0.4, 0.5) is 4.39 Å². The Bertz CT molecular complexity index is 1340. The van der Waals surface area contributed by atoms with E-state index in [0.717, 1.165) is 73.2 Å². The highest BCUT2D eigenvalue weighted by Crippen LogP contribution is 2.31. The first-order valence-corrected chi connectivity index (χ1v) is 13.1. The van der Waals surface area contributed by atoms with Crippen molar-refractivity contribution in [2.75, 3.05) is 26.2 Å². The van der Waals surface area contributed by atoms with Crippen LogP contribution in [-0.4, -0.2) is 56.0 Å². The fourth-order valence-electron chi connectivity index (χ4n) is 5.22. The van der Waals surface area contributed by atoms with Gasteiger partial charge in [-0.15, -0.1) is 0 Å². The van der Waals surface area contributed by atoms with Crippen LogP contribution in [0.1, 0.15) is 48.5 Å². The van der Waals surface area contributed by atoms with Gasteiger partial charge in [-0.1, -0.05) is 25.3 Å². The molecule has 1 saturated heterocycles. The van der Waals surface area contributed by atoms with Crippen molar-refractivity contribution in [1.29, 1.82) is 0 Å². The van der Waals surface area contributed by atoms with Gasteiger partial charge in [0, 0.05) is 56.6 Å². The van der Waals surface area contributed by atoms with Crippen molar-refractivity contribution in [1.82, 2.24) is 35.1 Å². The Morgan fingerprint density at radius 1 is 1.03 bits per heavy atom. The van der Waals surface area contributed by atoms with Gasteiger partial charge < -0.3 is 10.3 Å². The minimum Gasteiger partial charge on any atom is -0.342 e. The van der Waals surface area contributed by atoms with E-state index < -0.39 is 0 Å². The molecule has 1 saturated carbocycles. The van der Waals surface area contributed by atoms with Crippen LogP contribution in [0.2, 0.25) is 0 Å². The zero-order valence-corrected chi connectivity index (χ0v) is 20.5. The molecule has 6 rings (SSSR count). The Kier molecular flexibility index (Phi) is 6.70. The van der Waals surface area contributed by atoms with Gasteiger partial charge in [-0.25, -0.2) is 19.3 Å². The Morgan fingerprint density at radius 2 is 1.92 bits per heavy atom. The van der Waals surface area contributed by atoms with E-state index >= 15 is 4.39 Å². The molecule has 36 heavy (non-hydrogen) atoms. The number of aromatic amines is 1. The standard InChI is InChI=1S/C28H32FN7/c29-27-24(6-4-19-2-1-3-19)32-18-33-28(27)21-5-7-23-25(15-21)35-26(34-23)16-22-14-20(8-9-31-22)17-36-12-10-30-11-13-36/h5,7-9,14-15,18-19,30H,1-4,6,10-13,16-17H2,(H,34,35). The first kappa shape index (κ1) is 23.2. The molecular formula is C28H32FN7. The van der Waals surface area contributed by atoms with Crippen molar-refractivity contribution >= 4 is 11.0 Å². The first-order valence-electron chi connectivity index (χ1n) is 13.1. The molecule has 0 radical (unpaired) electrons. The first-order chi connectivity index (χ1) is 17.7. The molecule has 0 atom stereocenters. The minimum absolute atomic E-state index is 0.304. The summed E-state index contributed by atoms with van der Waals surface area (Å²) in [5, 5.41) is 3.40. The number of hydrogen-bond donors (Lipinski definition) is 2. The fourth-order valence-corrected chi connectivity index (χ4v) is 5.22. The number of rotatable bonds is 8. The third kappa shape index (κ3) is 5.15. The Balaban J connectivity index is 1.18. The van der Waals surface area contributed by atoms with Gasteiger partial charge in [0.25, 0.3) is 0 Å². The Hall–Kier alpha value is -3.23. The van der Waals surface area contributed by atoms with E-state index in [4.69, 9.17) is 4.98 Å². The molecule has 2 N–H and O–H groups in total. The third-order valence-corrected chi connectivity index (χ3v) is 7.53. The number of nitrogens with one attached hydrogen (secondary N) is 2. The number of aryl methyl sites for hydroxylation is 1. The predicted molar refractivity (Wildman–Crippen MR) is 138 cm³/mol. The van der Waals surface area contributed by atoms with E-state index in [0.29, 0.717) is 24.2 Å². The van der Waals surface area contributed by atoms with Crippen LogP contribution in [0.3, 0.4) is 0 Å². The summed E-state index contributed by atoms with van der Waals surface area (Å²) in [6.07, 6.45) is 9.47. The van der Waals surface area contributed by atoms with Crippen molar-refractivity contribution < 1.29 is 4.39 Å². The number of piperazine rings is 1. The maximum atomic E-state index is 15.3. The number of H-pyrrole nitrogens is 1. The van der Waals surface area contributed by atoms with E-state index in [1.165, 1.54) is 31.2 Å². The molecule has 1 aromatic carbocycles. The van der Waals surface area contributed by atoms with Crippen LogP contribution in [0.15, 0.2) is 42.9 Å². The van der Waals surface area contributed by atoms with Crippen LogP contribution in [0.5, 0.6) is 0 Å². The molecular weight excluding hydrogens is 453 g/mol. The zero-order valence-electron chi connectivity index (χ0n) is 20.5. The molecule has 186 valence electrons. The van der Waals surface area contributed by atoms with Gasteiger partial charge in [0.05, 0.1) is 16.7 Å². The maximum absolute atomic E-state index is 15.3. The van der Waals surface area contributed by atoms with Crippen LogP contribution in [-0.2, 0) is 19.4 Å². The van der Waals surface area contributed by atoms with Crippen LogP contribution < -0.4 is 5.32 Å². The molecule has 4 aromatic rings. The van der Waals surface area contributed by atoms with Gasteiger partial charge in [0.15, 0.2) is 5.82 Å². The van der Waals surface area contributed by atoms with Crippen LogP contribution >= 0.6 is 0 Å². The van der Waals surface area contributed by atoms with E-state index in [9.17, 15) is 0 Å². The number of aromatic nitrogens is 5. The van der Waals surface area contributed by atoms with Crippen LogP contribution in [0, 0.1) is 11.7 Å². The summed E-state index contributed by atoms with van der Waals surface area (Å²) in [5.74, 6) is 1.26. The number of nitrogens with zero attached hydrogens (tertiary/aromatic N) is 5. The van der Waals surface area contributed by atoms with Crippen molar-refractivity contribution in [2.45, 2.75) is 45.1 Å². The summed E-state index contributed by atoms with van der Waals surface area (Å²) < 4.78 is 15.3. The molecule has 2 fully saturated rings. The van der Waals surface area contributed by atoms with E-state index in [1.54, 1.807) is 0 Å². The van der Waals surface area contributed by atoms with Crippen molar-refractivity contribution in [3.05, 3.63) is 71.4 Å². The van der Waals surface area contributed by atoms with E-state index in [-0.39, 0.29) is 5.82 Å². The second-order valence-corrected chi connectivity index (χ2v) is 10.1. The number of fused-ring (bicyclic) bond motifs is 1. The third-order valence-electron chi connectivity index (χ3n) is 7.53. The summed E-state index contributed by atoms with van der Waals surface area (Å²) in [7, 11) is 0. The quantitative estimate of drug-likeness (QED) is 0.388. The SMILES string of the molecule is Fc1c(CCC2CCC2)ncnc1-c1ccc2nc(Cc3cc(CN4CCNCC4)ccn3)[nH]c2c1. The molecule has 0 bridgehead atoms. The molecule has 0 spiro atoms. The summed E-state index contributed by atoms with van der Waals surface area (Å²) in [5.41, 5.74) is 5.59. The molecule has 7 nitrogen and oxygen atoms in total. The van der Waals surface area contributed by atoms with Gasteiger partial charge >= 0.3 is 0 Å². The smallest absolute Gasteiger partial charge is 0.170 e. The zero-order chi connectivity index (χ0) is 24.3. The lowest BCUT2D eigenvalue weighted by atomic mass is 9.82. The highest BCUT2D eigenvalue weighted by atomic mass is 19.1. The fraction of sp³-hybridized carbons (Fsp3) is 0.429. The lowest BCUT2D eigenvalue weighted by molar-refractivity contribution is 0.233. The topological polar surface area (TPSA) is 82.6 Å². The van der Waals surface area contributed by atoms with E-state index in [2.05, 4.69) is 42.3 Å². The normalized spacial score (nSPS) is 16.9. The van der Waals surface area contributed by atoms with Gasteiger partial charge in [-0.3, -0.25) is 9.88 Å². The summed E-state index contributed by atoms with van der Waals surface area (Å²) in [6.45, 7) is 5.16. The molecule has 0 amide bonds. The number of halogens is 1. The Morgan fingerprint density at radius 3 is 2.75 bits per heavy atom. The second-order valence-electron chi connectivity index (χ2n) is 10.1. The van der Waals surface area contributed by atoms with Gasteiger partial charge in [0.1, 0.15) is 17.8 Å². The largest absolute Gasteiger partial charge is 0.342 e. The summed E-state index contributed by atoms with van der Waals surface area (Å²) in [4.78, 5) is 23.7. The monoisotopic (exact) mass is 485 g/mol. The Labute approximate surface area is 210 Å². The molecule has 8 heteroatoms. The number of benzene rings is 1. The lowest BCUT2D eigenvalue weighted by Gasteiger charge is -2.27. The highest BCUT2D eigenvalue weighted by Gasteiger charge is 2.20. The minimum atomic E-state index is -0.304. The predicted octanol–water partition coefficient (Wildman–Crippen LogP) is 4.28. The molecule has 1 aliphatic heterocycles. The number of imidazole rings is 1. The van der Waals surface area contributed by atoms with Gasteiger partial charge in [0.2, 0.25) is 0 Å². The van der Waals surface area contributed by atoms with Crippen molar-refractivity contribution in [3.8, 4) is 11.3 Å². The number of hydrogen-bond acceptors (Lipinski definition) is 6. The lowest BCUT2D eigenvalue weighted by Crippen LogP contribution is -2.42. The van der Waals surface area contributed by atoms with E-state index in [1.807, 2.05) is 24.4 Å². The average Bonchev–Trinajstić information content (AvgIpc) is 3.26.